The average molecular weight is 265 g/mol. The molecular formula is C16H24FNO. The Bertz CT molecular complexity index is 402. The van der Waals surface area contributed by atoms with E-state index in [0.29, 0.717) is 17.7 Å². The molecule has 2 rings (SSSR count). The number of ether oxygens (including phenoxy) is 1. The molecule has 0 saturated heterocycles. The van der Waals surface area contributed by atoms with E-state index >= 15 is 0 Å². The van der Waals surface area contributed by atoms with E-state index in [2.05, 4.69) is 12.2 Å². The van der Waals surface area contributed by atoms with Crippen LogP contribution in [0.5, 0.6) is 5.75 Å². The van der Waals surface area contributed by atoms with Crippen molar-refractivity contribution in [2.45, 2.75) is 45.1 Å². The molecule has 1 fully saturated rings. The lowest BCUT2D eigenvalue weighted by Gasteiger charge is -2.25. The first-order valence-corrected chi connectivity index (χ1v) is 7.33. The normalized spacial score (nSPS) is 17.6. The molecule has 3 heteroatoms. The van der Waals surface area contributed by atoms with Gasteiger partial charge < -0.3 is 10.1 Å². The van der Waals surface area contributed by atoms with E-state index in [1.807, 2.05) is 12.1 Å². The molecule has 1 aromatic carbocycles. The summed E-state index contributed by atoms with van der Waals surface area (Å²) in [4.78, 5) is 0. The molecule has 19 heavy (non-hydrogen) atoms. The Balaban J connectivity index is 2.20. The van der Waals surface area contributed by atoms with Crippen LogP contribution in [0.15, 0.2) is 18.2 Å². The van der Waals surface area contributed by atoms with Gasteiger partial charge in [-0.15, -0.1) is 0 Å². The molecule has 1 N–H and O–H groups in total. The SMILES string of the molecule is CCCNC(c1ccc(F)c(OC)c1)C1CCCC1. The lowest BCUT2D eigenvalue weighted by molar-refractivity contribution is 0.360. The highest BCUT2D eigenvalue weighted by Crippen LogP contribution is 2.37. The molecule has 1 aliphatic rings. The summed E-state index contributed by atoms with van der Waals surface area (Å²) in [5.74, 6) is 0.729. The highest BCUT2D eigenvalue weighted by molar-refractivity contribution is 5.32. The van der Waals surface area contributed by atoms with E-state index in [1.54, 1.807) is 0 Å². The second-order valence-corrected chi connectivity index (χ2v) is 5.37. The molecule has 0 aliphatic heterocycles. The molecule has 1 aromatic rings. The molecular weight excluding hydrogens is 241 g/mol. The maximum Gasteiger partial charge on any atom is 0.165 e. The maximum atomic E-state index is 13.5. The predicted molar refractivity (Wildman–Crippen MR) is 75.9 cm³/mol. The Morgan fingerprint density at radius 2 is 2.11 bits per heavy atom. The van der Waals surface area contributed by atoms with Gasteiger partial charge in [0.25, 0.3) is 0 Å². The van der Waals surface area contributed by atoms with Gasteiger partial charge in [0, 0.05) is 6.04 Å². The van der Waals surface area contributed by atoms with Gasteiger partial charge in [-0.05, 0) is 49.4 Å². The van der Waals surface area contributed by atoms with Crippen molar-refractivity contribution in [1.82, 2.24) is 5.32 Å². The minimum absolute atomic E-state index is 0.285. The standard InChI is InChI=1S/C16H24FNO/c1-3-10-18-16(12-6-4-5-7-12)13-8-9-14(17)15(11-13)19-2/h8-9,11-12,16,18H,3-7,10H2,1-2H3. The van der Waals surface area contributed by atoms with Crippen molar-refractivity contribution in [1.29, 1.82) is 0 Å². The quantitative estimate of drug-likeness (QED) is 0.837. The van der Waals surface area contributed by atoms with Gasteiger partial charge in [0.05, 0.1) is 7.11 Å². The van der Waals surface area contributed by atoms with Gasteiger partial charge >= 0.3 is 0 Å². The van der Waals surface area contributed by atoms with Crippen LogP contribution in [0.25, 0.3) is 0 Å². The van der Waals surface area contributed by atoms with E-state index in [1.165, 1.54) is 38.9 Å². The van der Waals surface area contributed by atoms with Gasteiger partial charge in [-0.3, -0.25) is 0 Å². The fraction of sp³-hybridized carbons (Fsp3) is 0.625. The van der Waals surface area contributed by atoms with E-state index in [-0.39, 0.29) is 5.82 Å². The predicted octanol–water partition coefficient (Wildman–Crippen LogP) is 4.07. The van der Waals surface area contributed by atoms with Crippen LogP contribution in [0.3, 0.4) is 0 Å². The number of benzene rings is 1. The summed E-state index contributed by atoms with van der Waals surface area (Å²) in [6.45, 7) is 3.17. The van der Waals surface area contributed by atoms with Crippen molar-refractivity contribution in [2.24, 2.45) is 5.92 Å². The van der Waals surface area contributed by atoms with Gasteiger partial charge in [0.2, 0.25) is 0 Å². The molecule has 0 spiro atoms. The number of methoxy groups -OCH3 is 1. The number of rotatable bonds is 6. The summed E-state index contributed by atoms with van der Waals surface area (Å²) in [5.41, 5.74) is 1.15. The molecule has 1 atom stereocenters. The largest absolute Gasteiger partial charge is 0.494 e. The van der Waals surface area contributed by atoms with Gasteiger partial charge in [-0.1, -0.05) is 25.8 Å². The number of nitrogens with one attached hydrogen (secondary N) is 1. The lowest BCUT2D eigenvalue weighted by Crippen LogP contribution is -2.27. The molecule has 2 nitrogen and oxygen atoms in total. The van der Waals surface area contributed by atoms with Crippen LogP contribution >= 0.6 is 0 Å². The number of halogens is 1. The topological polar surface area (TPSA) is 21.3 Å². The lowest BCUT2D eigenvalue weighted by atomic mass is 9.91. The van der Waals surface area contributed by atoms with Crippen LogP contribution in [-0.4, -0.2) is 13.7 Å². The smallest absolute Gasteiger partial charge is 0.165 e. The first kappa shape index (κ1) is 14.3. The summed E-state index contributed by atoms with van der Waals surface area (Å²) >= 11 is 0. The molecule has 0 aromatic heterocycles. The van der Waals surface area contributed by atoms with Crippen molar-refractivity contribution in [3.05, 3.63) is 29.6 Å². The summed E-state index contributed by atoms with van der Waals surface area (Å²) in [5, 5.41) is 3.62. The van der Waals surface area contributed by atoms with Crippen LogP contribution < -0.4 is 10.1 Å². The number of hydrogen-bond acceptors (Lipinski definition) is 2. The van der Waals surface area contributed by atoms with Crippen molar-refractivity contribution in [3.8, 4) is 5.75 Å². The summed E-state index contributed by atoms with van der Waals surface area (Å²) in [7, 11) is 1.52. The van der Waals surface area contributed by atoms with Crippen molar-refractivity contribution < 1.29 is 9.13 Å². The van der Waals surface area contributed by atoms with E-state index in [9.17, 15) is 4.39 Å². The van der Waals surface area contributed by atoms with E-state index in [0.717, 1.165) is 18.5 Å². The second-order valence-electron chi connectivity index (χ2n) is 5.37. The molecule has 0 amide bonds. The third kappa shape index (κ3) is 3.47. The van der Waals surface area contributed by atoms with Crippen molar-refractivity contribution >= 4 is 0 Å². The number of hydrogen-bond donors (Lipinski definition) is 1. The van der Waals surface area contributed by atoms with Crippen LogP contribution in [-0.2, 0) is 0 Å². The first-order chi connectivity index (χ1) is 9.26. The molecule has 1 saturated carbocycles. The van der Waals surface area contributed by atoms with Crippen molar-refractivity contribution in [3.63, 3.8) is 0 Å². The maximum absolute atomic E-state index is 13.5. The highest BCUT2D eigenvalue weighted by Gasteiger charge is 2.26. The fourth-order valence-electron chi connectivity index (χ4n) is 3.02. The summed E-state index contributed by atoms with van der Waals surface area (Å²) < 4.78 is 18.6. The summed E-state index contributed by atoms with van der Waals surface area (Å²) in [6, 6.07) is 5.59. The monoisotopic (exact) mass is 265 g/mol. The first-order valence-electron chi connectivity index (χ1n) is 7.33. The molecule has 0 radical (unpaired) electrons. The molecule has 0 bridgehead atoms. The van der Waals surface area contributed by atoms with Crippen LogP contribution in [0.4, 0.5) is 4.39 Å². The zero-order valence-corrected chi connectivity index (χ0v) is 11.9. The van der Waals surface area contributed by atoms with Gasteiger partial charge in [0.1, 0.15) is 0 Å². The zero-order chi connectivity index (χ0) is 13.7. The Morgan fingerprint density at radius 3 is 2.74 bits per heavy atom. The van der Waals surface area contributed by atoms with Gasteiger partial charge in [-0.2, -0.15) is 0 Å². The average Bonchev–Trinajstić information content (AvgIpc) is 2.95. The van der Waals surface area contributed by atoms with Gasteiger partial charge in [0.15, 0.2) is 11.6 Å². The fourth-order valence-corrected chi connectivity index (χ4v) is 3.02. The third-order valence-electron chi connectivity index (χ3n) is 4.02. The highest BCUT2D eigenvalue weighted by atomic mass is 19.1. The molecule has 106 valence electrons. The second kappa shape index (κ2) is 6.90. The van der Waals surface area contributed by atoms with Crippen LogP contribution in [0.2, 0.25) is 0 Å². The van der Waals surface area contributed by atoms with E-state index in [4.69, 9.17) is 4.74 Å². The molecule has 1 aliphatic carbocycles. The van der Waals surface area contributed by atoms with Gasteiger partial charge in [-0.25, -0.2) is 4.39 Å². The summed E-state index contributed by atoms with van der Waals surface area (Å²) in [6.07, 6.45) is 6.27. The Morgan fingerprint density at radius 1 is 1.37 bits per heavy atom. The van der Waals surface area contributed by atoms with Crippen LogP contribution in [0.1, 0.15) is 50.6 Å². The Kier molecular flexibility index (Phi) is 5.20. The minimum Gasteiger partial charge on any atom is -0.494 e. The van der Waals surface area contributed by atoms with Crippen LogP contribution in [0, 0.1) is 11.7 Å². The zero-order valence-electron chi connectivity index (χ0n) is 11.9. The van der Waals surface area contributed by atoms with E-state index < -0.39 is 0 Å². The molecule has 1 unspecified atom stereocenters. The molecule has 0 heterocycles. The van der Waals surface area contributed by atoms with Crippen molar-refractivity contribution in [2.75, 3.05) is 13.7 Å². The Labute approximate surface area is 115 Å². The Hall–Kier alpha value is -1.09. The minimum atomic E-state index is -0.285. The third-order valence-corrected chi connectivity index (χ3v) is 4.02.